The third-order valence-corrected chi connectivity index (χ3v) is 4.72. The summed E-state index contributed by atoms with van der Waals surface area (Å²) in [6.45, 7) is 5.92. The molecule has 0 spiro atoms. The number of nitrogens with zero attached hydrogens (tertiary/aromatic N) is 2. The maximum absolute atomic E-state index is 12.1. The van der Waals surface area contributed by atoms with E-state index in [0.717, 1.165) is 5.69 Å². The molecule has 0 radical (unpaired) electrons. The van der Waals surface area contributed by atoms with Gasteiger partial charge in [-0.15, -0.1) is 11.3 Å². The van der Waals surface area contributed by atoms with Gasteiger partial charge in [0, 0.05) is 11.8 Å². The predicted molar refractivity (Wildman–Crippen MR) is 75.0 cm³/mol. The normalized spacial score (nSPS) is 12.0. The summed E-state index contributed by atoms with van der Waals surface area (Å²) >= 11 is 1.28. The minimum absolute atomic E-state index is 0.0608. The van der Waals surface area contributed by atoms with Gasteiger partial charge in [-0.2, -0.15) is 8.42 Å². The molecule has 6 nitrogen and oxygen atoms in total. The van der Waals surface area contributed by atoms with Gasteiger partial charge >= 0.3 is 0 Å². The largest absolute Gasteiger partial charge is 0.332 e. The third kappa shape index (κ3) is 3.13. The number of anilines is 1. The van der Waals surface area contributed by atoms with Crippen LogP contribution in [-0.2, 0) is 16.4 Å². The Morgan fingerprint density at radius 1 is 1.47 bits per heavy atom. The highest BCUT2D eigenvalue weighted by atomic mass is 32.2. The van der Waals surface area contributed by atoms with Crippen LogP contribution >= 0.6 is 11.3 Å². The molecule has 0 atom stereocenters. The minimum atomic E-state index is -3.64. The zero-order valence-electron chi connectivity index (χ0n) is 11.0. The maximum Gasteiger partial charge on any atom is 0.280 e. The fourth-order valence-electron chi connectivity index (χ4n) is 1.43. The molecule has 0 bridgehead atoms. The molecule has 104 valence electrons. The SMILES string of the molecule is CCc1ncc(S(=O)(=O)Nc2nc(C(C)C)cs2)[nH]1. The van der Waals surface area contributed by atoms with Crippen molar-refractivity contribution in [2.45, 2.75) is 38.1 Å². The molecule has 0 aliphatic carbocycles. The molecule has 2 heterocycles. The Morgan fingerprint density at radius 2 is 2.21 bits per heavy atom. The first kappa shape index (κ1) is 14.0. The number of hydrogen-bond acceptors (Lipinski definition) is 5. The van der Waals surface area contributed by atoms with Gasteiger partial charge in [0.05, 0.1) is 11.9 Å². The molecule has 2 N–H and O–H groups in total. The van der Waals surface area contributed by atoms with Gasteiger partial charge in [-0.25, -0.2) is 9.97 Å². The lowest BCUT2D eigenvalue weighted by Crippen LogP contribution is -2.13. The zero-order chi connectivity index (χ0) is 14.0. The van der Waals surface area contributed by atoms with Crippen molar-refractivity contribution in [3.63, 3.8) is 0 Å². The first-order valence-electron chi connectivity index (χ1n) is 5.94. The van der Waals surface area contributed by atoms with Crippen molar-refractivity contribution in [1.82, 2.24) is 15.0 Å². The van der Waals surface area contributed by atoms with Crippen molar-refractivity contribution in [3.8, 4) is 0 Å². The molecule has 0 saturated carbocycles. The lowest BCUT2D eigenvalue weighted by molar-refractivity contribution is 0.598. The summed E-state index contributed by atoms with van der Waals surface area (Å²) in [7, 11) is -3.64. The second-order valence-corrected chi connectivity index (χ2v) is 6.89. The van der Waals surface area contributed by atoms with E-state index in [4.69, 9.17) is 0 Å². The fourth-order valence-corrected chi connectivity index (χ4v) is 3.49. The second-order valence-electron chi connectivity index (χ2n) is 4.39. The maximum atomic E-state index is 12.1. The molecule has 2 aromatic rings. The Kier molecular flexibility index (Phi) is 3.91. The molecular weight excluding hydrogens is 284 g/mol. The number of H-pyrrole nitrogens is 1. The van der Waals surface area contributed by atoms with Crippen LogP contribution in [-0.4, -0.2) is 23.4 Å². The molecule has 0 aliphatic rings. The summed E-state index contributed by atoms with van der Waals surface area (Å²) in [6.07, 6.45) is 1.97. The number of aromatic amines is 1. The zero-order valence-corrected chi connectivity index (χ0v) is 12.6. The Balaban J connectivity index is 2.20. The molecule has 19 heavy (non-hydrogen) atoms. The highest BCUT2D eigenvalue weighted by Crippen LogP contribution is 2.23. The van der Waals surface area contributed by atoms with Crippen LogP contribution < -0.4 is 4.72 Å². The molecule has 0 aliphatic heterocycles. The van der Waals surface area contributed by atoms with E-state index in [9.17, 15) is 8.42 Å². The van der Waals surface area contributed by atoms with Crippen LogP contribution in [0.1, 0.15) is 38.2 Å². The van der Waals surface area contributed by atoms with Gasteiger partial charge in [0.1, 0.15) is 5.82 Å². The lowest BCUT2D eigenvalue weighted by atomic mass is 10.2. The van der Waals surface area contributed by atoms with E-state index >= 15 is 0 Å². The highest BCUT2D eigenvalue weighted by molar-refractivity contribution is 7.92. The van der Waals surface area contributed by atoms with Crippen LogP contribution in [0.15, 0.2) is 16.6 Å². The monoisotopic (exact) mass is 300 g/mol. The quantitative estimate of drug-likeness (QED) is 0.887. The molecular formula is C11H16N4O2S2. The van der Waals surface area contributed by atoms with Crippen LogP contribution in [0.2, 0.25) is 0 Å². The Labute approximate surface area is 116 Å². The number of nitrogens with one attached hydrogen (secondary N) is 2. The van der Waals surface area contributed by atoms with Gasteiger partial charge < -0.3 is 4.98 Å². The van der Waals surface area contributed by atoms with E-state index in [1.165, 1.54) is 17.5 Å². The summed E-state index contributed by atoms with van der Waals surface area (Å²) in [5.74, 6) is 0.913. The summed E-state index contributed by atoms with van der Waals surface area (Å²) in [6, 6.07) is 0. The number of thiazole rings is 1. The van der Waals surface area contributed by atoms with Crippen LogP contribution in [0, 0.1) is 0 Å². The fraction of sp³-hybridized carbons (Fsp3) is 0.455. The Hall–Kier alpha value is -1.41. The van der Waals surface area contributed by atoms with Crippen LogP contribution in [0.25, 0.3) is 0 Å². The Morgan fingerprint density at radius 3 is 2.74 bits per heavy atom. The van der Waals surface area contributed by atoms with Crippen molar-refractivity contribution in [1.29, 1.82) is 0 Å². The van der Waals surface area contributed by atoms with Crippen molar-refractivity contribution in [2.24, 2.45) is 0 Å². The van der Waals surface area contributed by atoms with Crippen LogP contribution in [0.5, 0.6) is 0 Å². The van der Waals surface area contributed by atoms with Gasteiger partial charge in [-0.1, -0.05) is 20.8 Å². The van der Waals surface area contributed by atoms with Gasteiger partial charge in [-0.3, -0.25) is 4.72 Å². The van der Waals surface area contributed by atoms with E-state index in [1.807, 2.05) is 26.2 Å². The number of aromatic nitrogens is 3. The van der Waals surface area contributed by atoms with E-state index in [2.05, 4.69) is 19.7 Å². The van der Waals surface area contributed by atoms with E-state index in [1.54, 1.807) is 0 Å². The van der Waals surface area contributed by atoms with Gasteiger partial charge in [0.2, 0.25) is 0 Å². The van der Waals surface area contributed by atoms with Gasteiger partial charge in [0.15, 0.2) is 10.2 Å². The Bertz CT molecular complexity index is 658. The summed E-state index contributed by atoms with van der Waals surface area (Å²) in [5, 5.41) is 2.29. The van der Waals surface area contributed by atoms with Crippen molar-refractivity contribution < 1.29 is 8.42 Å². The molecule has 0 fully saturated rings. The molecule has 0 amide bonds. The van der Waals surface area contributed by atoms with Crippen molar-refractivity contribution in [2.75, 3.05) is 4.72 Å². The average molecular weight is 300 g/mol. The molecule has 8 heteroatoms. The average Bonchev–Trinajstić information content (AvgIpc) is 2.96. The van der Waals surface area contributed by atoms with E-state index in [0.29, 0.717) is 17.4 Å². The summed E-state index contributed by atoms with van der Waals surface area (Å²) in [5.41, 5.74) is 0.876. The first-order chi connectivity index (χ1) is 8.92. The molecule has 2 aromatic heterocycles. The predicted octanol–water partition coefficient (Wildman–Crippen LogP) is 2.35. The lowest BCUT2D eigenvalue weighted by Gasteiger charge is -2.02. The topological polar surface area (TPSA) is 87.7 Å². The summed E-state index contributed by atoms with van der Waals surface area (Å²) in [4.78, 5) is 11.0. The number of sulfonamides is 1. The molecule has 0 saturated heterocycles. The van der Waals surface area contributed by atoms with Crippen LogP contribution in [0.3, 0.4) is 0 Å². The number of hydrogen-bond donors (Lipinski definition) is 2. The van der Waals surface area contributed by atoms with Gasteiger partial charge in [-0.05, 0) is 5.92 Å². The second kappa shape index (κ2) is 5.30. The van der Waals surface area contributed by atoms with Crippen molar-refractivity contribution >= 4 is 26.5 Å². The number of imidazole rings is 1. The smallest absolute Gasteiger partial charge is 0.280 e. The number of aryl methyl sites for hydroxylation is 1. The summed E-state index contributed by atoms with van der Waals surface area (Å²) < 4.78 is 26.6. The number of rotatable bonds is 5. The third-order valence-electron chi connectivity index (χ3n) is 2.56. The molecule has 0 aromatic carbocycles. The molecule has 2 rings (SSSR count). The first-order valence-corrected chi connectivity index (χ1v) is 8.30. The van der Waals surface area contributed by atoms with Crippen LogP contribution in [0.4, 0.5) is 5.13 Å². The van der Waals surface area contributed by atoms with E-state index < -0.39 is 10.0 Å². The highest BCUT2D eigenvalue weighted by Gasteiger charge is 2.19. The van der Waals surface area contributed by atoms with E-state index in [-0.39, 0.29) is 10.9 Å². The minimum Gasteiger partial charge on any atom is -0.332 e. The van der Waals surface area contributed by atoms with Crippen molar-refractivity contribution in [3.05, 3.63) is 23.1 Å². The standard InChI is InChI=1S/C11H16N4O2S2/c1-4-9-12-5-10(14-9)19(16,17)15-11-13-8(6-18-11)7(2)3/h5-7H,4H2,1-3H3,(H,12,14)(H,13,15). The molecule has 0 unspecified atom stereocenters. The van der Waals surface area contributed by atoms with Gasteiger partial charge in [0.25, 0.3) is 10.0 Å².